The van der Waals surface area contributed by atoms with E-state index in [0.29, 0.717) is 5.75 Å². The first-order valence-electron chi connectivity index (χ1n) is 3.40. The van der Waals surface area contributed by atoms with Gasteiger partial charge in [-0.15, -0.1) is 0 Å². The SMILES string of the molecule is [CH2-]CCc1ccc(O)cc1.[CH3-].[Y]. The molecule has 1 rings (SSSR count). The number of aryl methyl sites for hydroxylation is 1. The third kappa shape index (κ3) is 4.89. The monoisotopic (exact) mass is 239 g/mol. The van der Waals surface area contributed by atoms with Crippen molar-refractivity contribution < 1.29 is 37.8 Å². The van der Waals surface area contributed by atoms with E-state index in [4.69, 9.17) is 5.11 Å². The van der Waals surface area contributed by atoms with Crippen LogP contribution in [0.1, 0.15) is 12.0 Å². The van der Waals surface area contributed by atoms with E-state index < -0.39 is 0 Å². The maximum Gasteiger partial charge on any atom is 0.115 e. The Morgan fingerprint density at radius 1 is 1.17 bits per heavy atom. The maximum atomic E-state index is 8.91. The van der Waals surface area contributed by atoms with E-state index >= 15 is 0 Å². The average molecular weight is 239 g/mol. The molecule has 0 spiro atoms. The number of aromatic hydroxyl groups is 1. The molecule has 0 heterocycles. The van der Waals surface area contributed by atoms with Gasteiger partial charge >= 0.3 is 0 Å². The Bertz CT molecular complexity index is 193. The van der Waals surface area contributed by atoms with Crippen LogP contribution in [0.15, 0.2) is 24.3 Å². The van der Waals surface area contributed by atoms with Gasteiger partial charge in [0.05, 0.1) is 0 Å². The van der Waals surface area contributed by atoms with Gasteiger partial charge in [0, 0.05) is 32.7 Å². The van der Waals surface area contributed by atoms with E-state index in [-0.39, 0.29) is 40.1 Å². The molecule has 1 N–H and O–H groups in total. The molecule has 0 aliphatic rings. The van der Waals surface area contributed by atoms with Crippen LogP contribution in [0, 0.1) is 14.4 Å². The Balaban J connectivity index is 0. The molecule has 0 atom stereocenters. The molecule has 0 amide bonds. The van der Waals surface area contributed by atoms with E-state index in [1.807, 2.05) is 12.1 Å². The molecule has 65 valence electrons. The van der Waals surface area contributed by atoms with E-state index in [1.54, 1.807) is 12.1 Å². The van der Waals surface area contributed by atoms with E-state index in [1.165, 1.54) is 5.56 Å². The minimum atomic E-state index is 0. The van der Waals surface area contributed by atoms with Crippen molar-refractivity contribution in [2.24, 2.45) is 0 Å². The molecule has 12 heavy (non-hydrogen) atoms. The number of benzene rings is 1. The van der Waals surface area contributed by atoms with E-state index in [0.717, 1.165) is 12.8 Å². The smallest absolute Gasteiger partial charge is 0.115 e. The zero-order valence-electron chi connectivity index (χ0n) is 7.46. The van der Waals surface area contributed by atoms with Crippen molar-refractivity contribution in [3.05, 3.63) is 44.2 Å². The molecular formula is C10H14OY-2. The van der Waals surface area contributed by atoms with Crippen molar-refractivity contribution in [3.8, 4) is 5.75 Å². The first-order chi connectivity index (χ1) is 4.83. The van der Waals surface area contributed by atoms with Crippen LogP contribution in [0.2, 0.25) is 0 Å². The van der Waals surface area contributed by atoms with Crippen LogP contribution in [0.4, 0.5) is 0 Å². The van der Waals surface area contributed by atoms with Crippen LogP contribution in [0.5, 0.6) is 5.75 Å². The number of hydrogen-bond donors (Lipinski definition) is 1. The van der Waals surface area contributed by atoms with Crippen molar-refractivity contribution in [2.75, 3.05) is 0 Å². The Kier molecular flexibility index (Phi) is 9.46. The molecule has 0 aliphatic carbocycles. The van der Waals surface area contributed by atoms with Crippen LogP contribution >= 0.6 is 0 Å². The fourth-order valence-electron chi connectivity index (χ4n) is 0.867. The van der Waals surface area contributed by atoms with Gasteiger partial charge in [0.2, 0.25) is 0 Å². The summed E-state index contributed by atoms with van der Waals surface area (Å²) in [6.07, 6.45) is 1.89. The van der Waals surface area contributed by atoms with Gasteiger partial charge in [0.25, 0.3) is 0 Å². The Morgan fingerprint density at radius 2 is 1.67 bits per heavy atom. The van der Waals surface area contributed by atoms with Crippen LogP contribution in [0.25, 0.3) is 0 Å². The zero-order chi connectivity index (χ0) is 7.40. The number of rotatable bonds is 2. The third-order valence-corrected chi connectivity index (χ3v) is 1.40. The van der Waals surface area contributed by atoms with Crippen molar-refractivity contribution in [1.82, 2.24) is 0 Å². The van der Waals surface area contributed by atoms with Crippen molar-refractivity contribution >= 4 is 0 Å². The number of phenols is 1. The zero-order valence-corrected chi connectivity index (χ0v) is 10.3. The molecule has 0 fully saturated rings. The van der Waals surface area contributed by atoms with Gasteiger partial charge in [-0.05, 0) is 12.1 Å². The second-order valence-electron chi connectivity index (χ2n) is 2.27. The molecule has 2 heteroatoms. The van der Waals surface area contributed by atoms with Crippen molar-refractivity contribution in [3.63, 3.8) is 0 Å². The molecule has 0 aromatic heterocycles. The predicted octanol–water partition coefficient (Wildman–Crippen LogP) is 2.61. The summed E-state index contributed by atoms with van der Waals surface area (Å²) in [7, 11) is 0. The van der Waals surface area contributed by atoms with Gasteiger partial charge in [-0.25, -0.2) is 0 Å². The second kappa shape index (κ2) is 7.76. The summed E-state index contributed by atoms with van der Waals surface area (Å²) in [6, 6.07) is 7.23. The van der Waals surface area contributed by atoms with Gasteiger partial charge in [0.15, 0.2) is 0 Å². The topological polar surface area (TPSA) is 20.2 Å². The van der Waals surface area contributed by atoms with Crippen LogP contribution in [-0.2, 0) is 39.1 Å². The molecule has 0 unspecified atom stereocenters. The van der Waals surface area contributed by atoms with Gasteiger partial charge < -0.3 is 19.5 Å². The normalized spacial score (nSPS) is 8.08. The summed E-state index contributed by atoms with van der Waals surface area (Å²) in [5, 5.41) is 8.91. The number of phenolic OH excluding ortho intramolecular Hbond substituents is 1. The third-order valence-electron chi connectivity index (χ3n) is 1.40. The van der Waals surface area contributed by atoms with E-state index in [9.17, 15) is 0 Å². The summed E-state index contributed by atoms with van der Waals surface area (Å²) in [4.78, 5) is 0. The van der Waals surface area contributed by atoms with Gasteiger partial charge in [-0.1, -0.05) is 24.1 Å². The molecule has 0 saturated carbocycles. The second-order valence-corrected chi connectivity index (χ2v) is 2.27. The molecular weight excluding hydrogens is 225 g/mol. The molecule has 0 saturated heterocycles. The quantitative estimate of drug-likeness (QED) is 0.786. The molecule has 1 nitrogen and oxygen atoms in total. The van der Waals surface area contributed by atoms with E-state index in [2.05, 4.69) is 6.92 Å². The minimum Gasteiger partial charge on any atom is -0.508 e. The average Bonchev–Trinajstić information content (AvgIpc) is 1.95. The first kappa shape index (κ1) is 14.6. The molecule has 1 aromatic carbocycles. The minimum absolute atomic E-state index is 0. The van der Waals surface area contributed by atoms with Gasteiger partial charge in [-0.2, -0.15) is 6.42 Å². The summed E-state index contributed by atoms with van der Waals surface area (Å²) in [6.45, 7) is 3.74. The standard InChI is InChI=1S/C9H11O.CH3.Y/c1-2-3-8-4-6-9(10)7-5-8;;/h4-7,10H,1-3H2;1H3;/q2*-1;. The first-order valence-corrected chi connectivity index (χ1v) is 3.40. The predicted molar refractivity (Wildman–Crippen MR) is 48.2 cm³/mol. The summed E-state index contributed by atoms with van der Waals surface area (Å²) in [5.74, 6) is 0.327. The van der Waals surface area contributed by atoms with Gasteiger partial charge in [-0.3, -0.25) is 0 Å². The Hall–Kier alpha value is 0.124. The van der Waals surface area contributed by atoms with Gasteiger partial charge in [0.1, 0.15) is 5.75 Å². The van der Waals surface area contributed by atoms with Crippen LogP contribution < -0.4 is 0 Å². The Morgan fingerprint density at radius 3 is 2.08 bits per heavy atom. The van der Waals surface area contributed by atoms with Crippen molar-refractivity contribution in [1.29, 1.82) is 0 Å². The number of hydrogen-bond acceptors (Lipinski definition) is 1. The molecule has 1 aromatic rings. The Labute approximate surface area is 100 Å². The molecule has 0 bridgehead atoms. The fraction of sp³-hybridized carbons (Fsp3) is 0.200. The molecule has 1 radical (unpaired) electrons. The maximum absolute atomic E-state index is 8.91. The van der Waals surface area contributed by atoms with Crippen LogP contribution in [0.3, 0.4) is 0 Å². The summed E-state index contributed by atoms with van der Waals surface area (Å²) < 4.78 is 0. The summed E-state index contributed by atoms with van der Waals surface area (Å²) in [5.41, 5.74) is 1.23. The summed E-state index contributed by atoms with van der Waals surface area (Å²) >= 11 is 0. The van der Waals surface area contributed by atoms with Crippen LogP contribution in [-0.4, -0.2) is 5.11 Å². The fourth-order valence-corrected chi connectivity index (χ4v) is 0.867. The van der Waals surface area contributed by atoms with Crippen molar-refractivity contribution in [2.45, 2.75) is 12.8 Å². The molecule has 0 aliphatic heterocycles. The largest absolute Gasteiger partial charge is 0.508 e.